The third kappa shape index (κ3) is 2.47. The zero-order valence-electron chi connectivity index (χ0n) is 10.5. The molecular weight excluding hydrogens is 273 g/mol. The molecule has 0 aliphatic heterocycles. The molecule has 1 fully saturated rings. The van der Waals surface area contributed by atoms with Gasteiger partial charge in [0.15, 0.2) is 0 Å². The van der Waals surface area contributed by atoms with Crippen molar-refractivity contribution in [2.24, 2.45) is 0 Å². The molecule has 1 saturated carbocycles. The molecule has 1 atom stereocenters. The summed E-state index contributed by atoms with van der Waals surface area (Å²) in [7, 11) is 0. The highest BCUT2D eigenvalue weighted by Gasteiger charge is 2.54. The van der Waals surface area contributed by atoms with Gasteiger partial charge in [0.05, 0.1) is 4.92 Å². The minimum Gasteiger partial charge on any atom is -0.258 e. The molecule has 0 saturated heterocycles. The number of hydrogen-bond acceptors (Lipinski definition) is 2. The molecule has 0 aromatic heterocycles. The number of nitro benzene ring substituents is 1. The molecule has 1 aromatic carbocycles. The molecule has 1 unspecified atom stereocenters. The number of alkyl halides is 2. The van der Waals surface area contributed by atoms with E-state index in [1.807, 2.05) is 26.8 Å². The summed E-state index contributed by atoms with van der Waals surface area (Å²) in [5, 5.41) is 11.2. The predicted octanol–water partition coefficient (Wildman–Crippen LogP) is 4.55. The number of hydrogen-bond donors (Lipinski definition) is 0. The van der Waals surface area contributed by atoms with Crippen LogP contribution < -0.4 is 0 Å². The number of halogens is 2. The first-order valence-corrected chi connectivity index (χ1v) is 6.55. The Morgan fingerprint density at radius 2 is 1.94 bits per heavy atom. The summed E-state index contributed by atoms with van der Waals surface area (Å²) in [5.74, 6) is -0.129. The molecule has 0 N–H and O–H groups in total. The fraction of sp³-hybridized carbons (Fsp3) is 0.538. The van der Waals surface area contributed by atoms with Crippen molar-refractivity contribution in [3.05, 3.63) is 39.4 Å². The summed E-state index contributed by atoms with van der Waals surface area (Å²) in [6.07, 6.45) is 0.575. The van der Waals surface area contributed by atoms with E-state index in [4.69, 9.17) is 23.2 Å². The van der Waals surface area contributed by atoms with E-state index >= 15 is 0 Å². The monoisotopic (exact) mass is 287 g/mol. The van der Waals surface area contributed by atoms with Crippen molar-refractivity contribution < 1.29 is 4.92 Å². The van der Waals surface area contributed by atoms with Gasteiger partial charge < -0.3 is 0 Å². The lowest BCUT2D eigenvalue weighted by Gasteiger charge is -2.19. The smallest absolute Gasteiger partial charge is 0.258 e. The number of nitro groups is 1. The highest BCUT2D eigenvalue weighted by Crippen LogP contribution is 2.61. The molecule has 1 aliphatic rings. The summed E-state index contributed by atoms with van der Waals surface area (Å²) in [4.78, 5) is 10.8. The number of benzene rings is 1. The molecule has 1 aliphatic carbocycles. The lowest BCUT2D eigenvalue weighted by atomic mass is 9.86. The van der Waals surface area contributed by atoms with E-state index < -0.39 is 4.33 Å². The first-order chi connectivity index (χ1) is 8.13. The van der Waals surface area contributed by atoms with Crippen LogP contribution in [0.5, 0.6) is 0 Å². The molecule has 0 spiro atoms. The van der Waals surface area contributed by atoms with Gasteiger partial charge in [-0.2, -0.15) is 0 Å². The fourth-order valence-corrected chi connectivity index (χ4v) is 2.56. The average molecular weight is 288 g/mol. The first-order valence-electron chi connectivity index (χ1n) is 5.79. The molecule has 0 amide bonds. The molecule has 0 radical (unpaired) electrons. The van der Waals surface area contributed by atoms with E-state index in [2.05, 4.69) is 0 Å². The first kappa shape index (κ1) is 13.6. The molecule has 2 rings (SSSR count). The molecule has 0 bridgehead atoms. The Morgan fingerprint density at radius 1 is 1.39 bits per heavy atom. The lowest BCUT2D eigenvalue weighted by molar-refractivity contribution is -0.385. The van der Waals surface area contributed by atoms with Crippen LogP contribution in [0.3, 0.4) is 0 Å². The quantitative estimate of drug-likeness (QED) is 0.455. The van der Waals surface area contributed by atoms with Gasteiger partial charge >= 0.3 is 0 Å². The summed E-state index contributed by atoms with van der Waals surface area (Å²) >= 11 is 12.0. The summed E-state index contributed by atoms with van der Waals surface area (Å²) in [5.41, 5.74) is 1.58. The van der Waals surface area contributed by atoms with Crippen molar-refractivity contribution in [1.29, 1.82) is 0 Å². The van der Waals surface area contributed by atoms with Crippen molar-refractivity contribution in [3.63, 3.8) is 0 Å². The summed E-state index contributed by atoms with van der Waals surface area (Å²) in [6.45, 7) is 6.07. The van der Waals surface area contributed by atoms with Crippen LogP contribution in [0.2, 0.25) is 0 Å². The van der Waals surface area contributed by atoms with Crippen LogP contribution >= 0.6 is 23.2 Å². The van der Waals surface area contributed by atoms with E-state index in [1.165, 1.54) is 0 Å². The van der Waals surface area contributed by atoms with Crippen molar-refractivity contribution in [3.8, 4) is 0 Å². The molecule has 3 nitrogen and oxygen atoms in total. The Morgan fingerprint density at radius 3 is 2.33 bits per heavy atom. The molecule has 18 heavy (non-hydrogen) atoms. The fourth-order valence-electron chi connectivity index (χ4n) is 2.01. The van der Waals surface area contributed by atoms with Crippen LogP contribution in [-0.2, 0) is 5.41 Å². The minimum absolute atomic E-state index is 0.119. The number of nitrogens with zero attached hydrogens (tertiary/aromatic N) is 1. The SMILES string of the molecule is CC(C)(C)c1ccc(C2CC2(Cl)Cl)c([N+](=O)[O-])c1. The van der Waals surface area contributed by atoms with E-state index in [0.29, 0.717) is 12.0 Å². The highest BCUT2D eigenvalue weighted by molar-refractivity contribution is 6.51. The number of rotatable bonds is 2. The van der Waals surface area contributed by atoms with Gasteiger partial charge in [-0.1, -0.05) is 32.9 Å². The van der Waals surface area contributed by atoms with Gasteiger partial charge in [-0.3, -0.25) is 10.1 Å². The average Bonchev–Trinajstić information content (AvgIpc) is 2.85. The van der Waals surface area contributed by atoms with Crippen LogP contribution in [-0.4, -0.2) is 9.26 Å². The molecule has 0 heterocycles. The Kier molecular flexibility index (Phi) is 3.11. The predicted molar refractivity (Wildman–Crippen MR) is 73.6 cm³/mol. The van der Waals surface area contributed by atoms with Crippen LogP contribution in [0.25, 0.3) is 0 Å². The van der Waals surface area contributed by atoms with E-state index in [1.54, 1.807) is 12.1 Å². The maximum Gasteiger partial charge on any atom is 0.273 e. The zero-order chi connectivity index (χ0) is 13.7. The third-order valence-corrected chi connectivity index (χ3v) is 4.13. The van der Waals surface area contributed by atoms with Crippen molar-refractivity contribution in [1.82, 2.24) is 0 Å². The Labute approximate surface area is 116 Å². The van der Waals surface area contributed by atoms with Crippen LogP contribution in [0, 0.1) is 10.1 Å². The minimum atomic E-state index is -0.839. The van der Waals surface area contributed by atoms with Gasteiger partial charge in [-0.05, 0) is 17.4 Å². The molecule has 5 heteroatoms. The van der Waals surface area contributed by atoms with E-state index in [-0.39, 0.29) is 21.9 Å². The van der Waals surface area contributed by atoms with Crippen LogP contribution in [0.1, 0.15) is 44.2 Å². The standard InChI is InChI=1S/C13H15Cl2NO2/c1-12(2,3)8-4-5-9(10-7-13(10,14)15)11(6-8)16(17)18/h4-6,10H,7H2,1-3H3. The Hall–Kier alpha value is -0.800. The topological polar surface area (TPSA) is 43.1 Å². The lowest BCUT2D eigenvalue weighted by Crippen LogP contribution is -2.12. The van der Waals surface area contributed by atoms with Gasteiger partial charge in [-0.15, -0.1) is 23.2 Å². The van der Waals surface area contributed by atoms with E-state index in [9.17, 15) is 10.1 Å². The second kappa shape index (κ2) is 4.10. The van der Waals surface area contributed by atoms with Crippen molar-refractivity contribution in [2.45, 2.75) is 42.9 Å². The molecule has 1 aromatic rings. The van der Waals surface area contributed by atoms with E-state index in [0.717, 1.165) is 5.56 Å². The maximum absolute atomic E-state index is 11.2. The largest absolute Gasteiger partial charge is 0.273 e. The van der Waals surface area contributed by atoms with Crippen molar-refractivity contribution >= 4 is 28.9 Å². The second-order valence-electron chi connectivity index (χ2n) is 5.80. The Bertz CT molecular complexity index is 506. The van der Waals surface area contributed by atoms with Crippen LogP contribution in [0.4, 0.5) is 5.69 Å². The normalized spacial score (nSPS) is 21.7. The van der Waals surface area contributed by atoms with Gasteiger partial charge in [-0.25, -0.2) is 0 Å². The van der Waals surface area contributed by atoms with Gasteiger partial charge in [0.25, 0.3) is 5.69 Å². The maximum atomic E-state index is 11.2. The second-order valence-corrected chi connectivity index (χ2v) is 7.34. The molecule has 98 valence electrons. The molecular formula is C13H15Cl2NO2. The summed E-state index contributed by atoms with van der Waals surface area (Å²) < 4.78 is -0.839. The summed E-state index contributed by atoms with van der Waals surface area (Å²) in [6, 6.07) is 5.35. The zero-order valence-corrected chi connectivity index (χ0v) is 12.0. The third-order valence-electron chi connectivity index (χ3n) is 3.29. The van der Waals surface area contributed by atoms with Gasteiger partial charge in [0.1, 0.15) is 4.33 Å². The van der Waals surface area contributed by atoms with Gasteiger partial charge in [0.2, 0.25) is 0 Å². The Balaban J connectivity index is 2.47. The highest BCUT2D eigenvalue weighted by atomic mass is 35.5. The van der Waals surface area contributed by atoms with Crippen molar-refractivity contribution in [2.75, 3.05) is 0 Å². The van der Waals surface area contributed by atoms with Crippen LogP contribution in [0.15, 0.2) is 18.2 Å². The van der Waals surface area contributed by atoms with Gasteiger partial charge in [0, 0.05) is 17.5 Å².